The Morgan fingerprint density at radius 3 is 2.46 bits per heavy atom. The number of amides is 1. The van der Waals surface area contributed by atoms with Crippen molar-refractivity contribution in [3.63, 3.8) is 0 Å². The molecule has 0 aromatic heterocycles. The zero-order valence-corrected chi connectivity index (χ0v) is 20.8. The third-order valence-electron chi connectivity index (χ3n) is 5.83. The van der Waals surface area contributed by atoms with Crippen LogP contribution in [0.25, 0.3) is 5.76 Å². The van der Waals surface area contributed by atoms with Crippen molar-refractivity contribution < 1.29 is 34.0 Å². The summed E-state index contributed by atoms with van der Waals surface area (Å²) in [7, 11) is 2.98. The Morgan fingerprint density at radius 1 is 1.09 bits per heavy atom. The molecule has 1 aliphatic rings. The van der Waals surface area contributed by atoms with E-state index in [4.69, 9.17) is 14.2 Å². The predicted molar refractivity (Wildman–Crippen MR) is 132 cm³/mol. The highest BCUT2D eigenvalue weighted by Crippen LogP contribution is 2.42. The first-order chi connectivity index (χ1) is 16.7. The van der Waals surface area contributed by atoms with Crippen molar-refractivity contribution in [3.05, 3.63) is 58.7 Å². The number of hydrogen-bond acceptors (Lipinski definition) is 7. The first kappa shape index (κ1) is 26.1. The Bertz CT molecular complexity index is 1120. The number of aryl methyl sites for hydroxylation is 1. The molecule has 188 valence electrons. The number of likely N-dealkylation sites (tertiary alicyclic amines) is 1. The van der Waals surface area contributed by atoms with E-state index in [9.17, 15) is 19.8 Å². The van der Waals surface area contributed by atoms with Gasteiger partial charge in [0.2, 0.25) is 0 Å². The number of carbonyl (C=O) groups is 2. The first-order valence-corrected chi connectivity index (χ1v) is 11.6. The van der Waals surface area contributed by atoms with Crippen LogP contribution in [0.4, 0.5) is 0 Å². The van der Waals surface area contributed by atoms with Crippen LogP contribution in [0.3, 0.4) is 0 Å². The number of methoxy groups -OCH3 is 2. The lowest BCUT2D eigenvalue weighted by molar-refractivity contribution is -0.140. The van der Waals surface area contributed by atoms with Crippen molar-refractivity contribution in [1.29, 1.82) is 0 Å². The van der Waals surface area contributed by atoms with E-state index in [1.54, 1.807) is 37.4 Å². The fraction of sp³-hybridized carbons (Fsp3) is 0.407. The zero-order chi connectivity index (χ0) is 25.7. The lowest BCUT2D eigenvalue weighted by atomic mass is 9.94. The number of rotatable bonds is 10. The van der Waals surface area contributed by atoms with Gasteiger partial charge in [-0.1, -0.05) is 19.9 Å². The number of phenolic OH excluding ortho intramolecular Hbond substituents is 1. The van der Waals surface area contributed by atoms with Gasteiger partial charge < -0.3 is 29.3 Å². The average Bonchev–Trinajstić information content (AvgIpc) is 3.08. The summed E-state index contributed by atoms with van der Waals surface area (Å²) in [6.45, 7) is 7.19. The number of ketones is 1. The molecule has 2 N–H and O–H groups in total. The number of benzene rings is 2. The highest BCUT2D eigenvalue weighted by atomic mass is 16.5. The van der Waals surface area contributed by atoms with E-state index in [0.29, 0.717) is 42.4 Å². The van der Waals surface area contributed by atoms with Gasteiger partial charge in [0.05, 0.1) is 25.3 Å². The minimum absolute atomic E-state index is 0.0181. The average molecular weight is 484 g/mol. The van der Waals surface area contributed by atoms with Gasteiger partial charge in [-0.25, -0.2) is 0 Å². The molecule has 0 spiro atoms. The normalized spacial score (nSPS) is 17.3. The van der Waals surface area contributed by atoms with Gasteiger partial charge in [0.1, 0.15) is 11.5 Å². The Balaban J connectivity index is 2.10. The summed E-state index contributed by atoms with van der Waals surface area (Å²) in [6, 6.07) is 8.92. The monoisotopic (exact) mass is 483 g/mol. The molecule has 8 heteroatoms. The third-order valence-corrected chi connectivity index (χ3v) is 5.83. The largest absolute Gasteiger partial charge is 0.507 e. The van der Waals surface area contributed by atoms with Crippen molar-refractivity contribution in [2.45, 2.75) is 33.2 Å². The second-order valence-corrected chi connectivity index (χ2v) is 8.96. The van der Waals surface area contributed by atoms with Crippen LogP contribution < -0.4 is 9.47 Å². The molecular formula is C27H33NO7. The van der Waals surface area contributed by atoms with E-state index in [1.807, 2.05) is 6.92 Å². The van der Waals surface area contributed by atoms with E-state index in [-0.39, 0.29) is 29.4 Å². The minimum Gasteiger partial charge on any atom is -0.507 e. The van der Waals surface area contributed by atoms with Crippen molar-refractivity contribution in [2.75, 3.05) is 34.0 Å². The molecule has 1 atom stereocenters. The van der Waals surface area contributed by atoms with Crippen LogP contribution in [-0.4, -0.2) is 60.8 Å². The highest BCUT2D eigenvalue weighted by Gasteiger charge is 2.46. The first-order valence-electron chi connectivity index (χ1n) is 11.6. The molecule has 0 radical (unpaired) electrons. The summed E-state index contributed by atoms with van der Waals surface area (Å²) < 4.78 is 16.2. The molecule has 1 aliphatic heterocycles. The predicted octanol–water partition coefficient (Wildman–Crippen LogP) is 4.20. The smallest absolute Gasteiger partial charge is 0.295 e. The van der Waals surface area contributed by atoms with Crippen LogP contribution in [0.1, 0.15) is 43.0 Å². The number of ether oxygens (including phenoxy) is 3. The zero-order valence-electron chi connectivity index (χ0n) is 20.8. The SMILES string of the molecule is COCCCN1C(=O)C(=O)/C(=C(/O)c2ccc(OCC(C)C)c(C)c2)[C@H]1c1ccc(O)c(OC)c1. The molecule has 0 bridgehead atoms. The number of Topliss-reactive ketones (excluding diaryl/α,β-unsaturated/α-hetero) is 1. The number of phenols is 1. The molecule has 8 nitrogen and oxygen atoms in total. The maximum absolute atomic E-state index is 13.2. The molecule has 3 rings (SSSR count). The Labute approximate surface area is 205 Å². The summed E-state index contributed by atoms with van der Waals surface area (Å²) in [5.41, 5.74) is 1.72. The van der Waals surface area contributed by atoms with Crippen molar-refractivity contribution in [2.24, 2.45) is 5.92 Å². The summed E-state index contributed by atoms with van der Waals surface area (Å²) in [5, 5.41) is 21.3. The molecule has 0 unspecified atom stereocenters. The molecule has 1 amide bonds. The van der Waals surface area contributed by atoms with Gasteiger partial charge in [0, 0.05) is 25.8 Å². The summed E-state index contributed by atoms with van der Waals surface area (Å²) in [4.78, 5) is 27.6. The molecule has 2 aromatic rings. The van der Waals surface area contributed by atoms with E-state index >= 15 is 0 Å². The second-order valence-electron chi connectivity index (χ2n) is 8.96. The lowest BCUT2D eigenvalue weighted by Gasteiger charge is -2.25. The van der Waals surface area contributed by atoms with Gasteiger partial charge in [0.15, 0.2) is 11.5 Å². The summed E-state index contributed by atoms with van der Waals surface area (Å²) in [5.74, 6) is -0.558. The number of aromatic hydroxyl groups is 1. The molecule has 0 aliphatic carbocycles. The van der Waals surface area contributed by atoms with Gasteiger partial charge in [-0.3, -0.25) is 9.59 Å². The van der Waals surface area contributed by atoms with Crippen LogP contribution in [0.2, 0.25) is 0 Å². The van der Waals surface area contributed by atoms with E-state index in [1.165, 1.54) is 18.1 Å². The van der Waals surface area contributed by atoms with E-state index in [2.05, 4.69) is 13.8 Å². The molecule has 0 saturated carbocycles. The van der Waals surface area contributed by atoms with Crippen LogP contribution in [-0.2, 0) is 14.3 Å². The van der Waals surface area contributed by atoms with Crippen molar-refractivity contribution in [3.8, 4) is 17.2 Å². The van der Waals surface area contributed by atoms with Crippen LogP contribution >= 0.6 is 0 Å². The number of hydrogen-bond donors (Lipinski definition) is 2. The van der Waals surface area contributed by atoms with E-state index in [0.717, 1.165) is 5.56 Å². The third kappa shape index (κ3) is 5.59. The van der Waals surface area contributed by atoms with Crippen LogP contribution in [0.15, 0.2) is 42.0 Å². The molecule has 35 heavy (non-hydrogen) atoms. The number of nitrogens with zero attached hydrogens (tertiary/aromatic N) is 1. The Morgan fingerprint density at radius 2 is 1.83 bits per heavy atom. The lowest BCUT2D eigenvalue weighted by Crippen LogP contribution is -2.31. The molecular weight excluding hydrogens is 450 g/mol. The summed E-state index contributed by atoms with van der Waals surface area (Å²) >= 11 is 0. The van der Waals surface area contributed by atoms with Gasteiger partial charge in [-0.05, 0) is 60.7 Å². The number of aliphatic hydroxyl groups excluding tert-OH is 1. The highest BCUT2D eigenvalue weighted by molar-refractivity contribution is 6.46. The topological polar surface area (TPSA) is 106 Å². The van der Waals surface area contributed by atoms with E-state index < -0.39 is 17.7 Å². The van der Waals surface area contributed by atoms with Crippen molar-refractivity contribution in [1.82, 2.24) is 4.90 Å². The van der Waals surface area contributed by atoms with Gasteiger partial charge in [0.25, 0.3) is 11.7 Å². The fourth-order valence-corrected chi connectivity index (χ4v) is 4.07. The summed E-state index contributed by atoms with van der Waals surface area (Å²) in [6.07, 6.45) is 0.510. The van der Waals surface area contributed by atoms with Gasteiger partial charge in [-0.2, -0.15) is 0 Å². The Hall–Kier alpha value is -3.52. The minimum atomic E-state index is -0.849. The standard InChI is InChI=1S/C27H33NO7/c1-16(2)15-35-21-10-8-19(13-17(21)3)25(30)23-24(18-7-9-20(29)22(14-18)34-5)28(11-6-12-33-4)27(32)26(23)31/h7-10,13-14,16,24,29-30H,6,11-12,15H2,1-5H3/b25-23+/t24-/m1/s1. The maximum Gasteiger partial charge on any atom is 0.295 e. The number of carbonyl (C=O) groups excluding carboxylic acids is 2. The molecule has 1 fully saturated rings. The van der Waals surface area contributed by atoms with Crippen LogP contribution in [0.5, 0.6) is 17.2 Å². The van der Waals surface area contributed by atoms with Gasteiger partial charge >= 0.3 is 0 Å². The van der Waals surface area contributed by atoms with Gasteiger partial charge in [-0.15, -0.1) is 0 Å². The number of aliphatic hydroxyl groups is 1. The Kier molecular flexibility index (Phi) is 8.40. The molecule has 1 saturated heterocycles. The second kappa shape index (κ2) is 11.3. The molecule has 2 aromatic carbocycles. The quantitative estimate of drug-likeness (QED) is 0.226. The maximum atomic E-state index is 13.2. The molecule has 1 heterocycles. The fourth-order valence-electron chi connectivity index (χ4n) is 4.07. The van der Waals surface area contributed by atoms with Crippen LogP contribution in [0, 0.1) is 12.8 Å². The van der Waals surface area contributed by atoms with Crippen molar-refractivity contribution >= 4 is 17.4 Å².